The molecule has 0 bridgehead atoms. The molecular formula is C33H18N6O2. The number of carbonyl (C=O) groups excluding carboxylic acids is 2. The summed E-state index contributed by atoms with van der Waals surface area (Å²) >= 11 is 0. The average molecular weight is 531 g/mol. The molecule has 0 aliphatic carbocycles. The van der Waals surface area contributed by atoms with E-state index in [0.29, 0.717) is 33.6 Å². The fourth-order valence-corrected chi connectivity index (χ4v) is 5.63. The van der Waals surface area contributed by atoms with Crippen LogP contribution in [0.2, 0.25) is 0 Å². The first-order valence-corrected chi connectivity index (χ1v) is 12.7. The van der Waals surface area contributed by atoms with E-state index >= 15 is 0 Å². The smallest absolute Gasteiger partial charge is 0.263 e. The van der Waals surface area contributed by atoms with Gasteiger partial charge >= 0.3 is 0 Å². The number of nitriles is 1. The molecule has 2 amide bonds. The summed E-state index contributed by atoms with van der Waals surface area (Å²) in [4.78, 5) is 39.2. The van der Waals surface area contributed by atoms with E-state index in [1.165, 1.54) is 7.05 Å². The number of hydrogen-bond donors (Lipinski definition) is 0. The van der Waals surface area contributed by atoms with Gasteiger partial charge < -0.3 is 4.57 Å². The predicted molar refractivity (Wildman–Crippen MR) is 155 cm³/mol. The average Bonchev–Trinajstić information content (AvgIpc) is 3.46. The van der Waals surface area contributed by atoms with Crippen LogP contribution in [-0.2, 0) is 0 Å². The molecule has 8 nitrogen and oxygen atoms in total. The van der Waals surface area contributed by atoms with Crippen molar-refractivity contribution >= 4 is 39.3 Å². The van der Waals surface area contributed by atoms with Crippen LogP contribution < -0.4 is 0 Å². The number of fused-ring (bicyclic) bond motifs is 4. The van der Waals surface area contributed by atoms with Crippen LogP contribution >= 0.6 is 0 Å². The van der Waals surface area contributed by atoms with Gasteiger partial charge in [-0.1, -0.05) is 18.2 Å². The van der Waals surface area contributed by atoms with Gasteiger partial charge in [-0.05, 0) is 59.7 Å². The maximum Gasteiger partial charge on any atom is 0.263 e. The lowest BCUT2D eigenvalue weighted by Gasteiger charge is -2.12. The number of imide groups is 1. The van der Waals surface area contributed by atoms with E-state index in [1.807, 2.05) is 53.1 Å². The van der Waals surface area contributed by atoms with E-state index in [4.69, 9.17) is 6.57 Å². The summed E-state index contributed by atoms with van der Waals surface area (Å²) in [6.45, 7) is 7.63. The summed E-state index contributed by atoms with van der Waals surface area (Å²) in [6.07, 6.45) is 6.48. The molecule has 1 aliphatic rings. The third-order valence-electron chi connectivity index (χ3n) is 7.58. The number of nitrogens with zero attached hydrogens (tertiary/aromatic N) is 6. The van der Waals surface area contributed by atoms with Crippen molar-refractivity contribution in [3.63, 3.8) is 0 Å². The Morgan fingerprint density at radius 2 is 1.49 bits per heavy atom. The third kappa shape index (κ3) is 3.45. The molecule has 0 atom stereocenters. The fraction of sp³-hybridized carbons (Fsp3) is 0.0303. The van der Waals surface area contributed by atoms with E-state index in [1.54, 1.807) is 43.0 Å². The number of hydrogen-bond acceptors (Lipinski definition) is 5. The van der Waals surface area contributed by atoms with E-state index in [2.05, 4.69) is 20.9 Å². The lowest BCUT2D eigenvalue weighted by atomic mass is 9.99. The minimum atomic E-state index is -0.351. The molecule has 0 saturated heterocycles. The Kier molecular flexibility index (Phi) is 5.24. The second-order valence-corrected chi connectivity index (χ2v) is 9.71. The summed E-state index contributed by atoms with van der Waals surface area (Å²) in [5.74, 6) is -0.682. The molecule has 41 heavy (non-hydrogen) atoms. The van der Waals surface area contributed by atoms with Crippen molar-refractivity contribution in [1.29, 1.82) is 5.26 Å². The molecule has 3 aromatic heterocycles. The maximum atomic E-state index is 13.2. The van der Waals surface area contributed by atoms with E-state index < -0.39 is 0 Å². The second kappa shape index (κ2) is 8.98. The van der Waals surface area contributed by atoms with Crippen LogP contribution in [0.1, 0.15) is 26.3 Å². The zero-order valence-corrected chi connectivity index (χ0v) is 21.7. The van der Waals surface area contributed by atoms with Crippen LogP contribution in [0, 0.1) is 17.9 Å². The summed E-state index contributed by atoms with van der Waals surface area (Å²) < 4.78 is 2.00. The Hall–Kier alpha value is -6.12. The van der Waals surface area contributed by atoms with Gasteiger partial charge in [-0.15, -0.1) is 0 Å². The minimum absolute atomic E-state index is 0.331. The first-order valence-electron chi connectivity index (χ1n) is 12.7. The number of benzene rings is 3. The molecule has 3 aromatic carbocycles. The third-order valence-corrected chi connectivity index (χ3v) is 7.58. The molecule has 0 saturated carbocycles. The molecule has 7 rings (SSSR count). The Balaban J connectivity index is 1.58. The highest BCUT2D eigenvalue weighted by Gasteiger charge is 2.35. The van der Waals surface area contributed by atoms with Crippen LogP contribution in [0.3, 0.4) is 0 Å². The molecule has 0 spiro atoms. The maximum absolute atomic E-state index is 13.2. The molecular weight excluding hydrogens is 512 g/mol. The van der Waals surface area contributed by atoms with Gasteiger partial charge in [0, 0.05) is 53.7 Å². The molecule has 8 heteroatoms. The summed E-state index contributed by atoms with van der Waals surface area (Å²) in [5.41, 5.74) is 7.07. The van der Waals surface area contributed by atoms with Gasteiger partial charge in [0.1, 0.15) is 6.07 Å². The molecule has 6 aromatic rings. The van der Waals surface area contributed by atoms with Crippen molar-refractivity contribution in [3.8, 4) is 34.0 Å². The molecule has 0 fully saturated rings. The van der Waals surface area contributed by atoms with Crippen molar-refractivity contribution < 1.29 is 9.59 Å². The standard InChI is InChI=1S/C33H18N6O2/c1-35-27-11-13-37-18-26(27)20-7-9-29-25(15-20)24-14-19(22-10-12-36-17-21(22)16-34)6-8-28(24)39(29)30-5-3-4-23-31(30)33(41)38(2)32(23)40/h3-15,17-18H,2H3. The van der Waals surface area contributed by atoms with Crippen molar-refractivity contribution in [1.82, 2.24) is 19.4 Å². The molecule has 0 radical (unpaired) electrons. The van der Waals surface area contributed by atoms with Crippen LogP contribution in [0.5, 0.6) is 0 Å². The predicted octanol–water partition coefficient (Wildman–Crippen LogP) is 6.56. The highest BCUT2D eigenvalue weighted by Crippen LogP contribution is 2.40. The molecule has 0 N–H and O–H groups in total. The van der Waals surface area contributed by atoms with Gasteiger partial charge in [-0.3, -0.25) is 24.5 Å². The van der Waals surface area contributed by atoms with Gasteiger partial charge in [0.05, 0.1) is 40.0 Å². The van der Waals surface area contributed by atoms with Gasteiger partial charge in [-0.2, -0.15) is 5.26 Å². The number of amides is 2. The van der Waals surface area contributed by atoms with Crippen LogP contribution in [-0.4, -0.2) is 38.3 Å². The second-order valence-electron chi connectivity index (χ2n) is 9.71. The molecule has 1 aliphatic heterocycles. The first kappa shape index (κ1) is 24.0. The van der Waals surface area contributed by atoms with Gasteiger partial charge in [-0.25, -0.2) is 4.85 Å². The monoisotopic (exact) mass is 530 g/mol. The van der Waals surface area contributed by atoms with Crippen molar-refractivity contribution in [2.24, 2.45) is 0 Å². The number of pyridine rings is 2. The van der Waals surface area contributed by atoms with E-state index in [-0.39, 0.29) is 11.8 Å². The normalized spacial score (nSPS) is 12.5. The zero-order chi connectivity index (χ0) is 28.2. The highest BCUT2D eigenvalue weighted by atomic mass is 16.2. The van der Waals surface area contributed by atoms with Crippen molar-refractivity contribution in [3.05, 3.63) is 120 Å². The number of carbonyl (C=O) groups is 2. The largest absolute Gasteiger partial charge is 0.308 e. The molecule has 192 valence electrons. The first-order chi connectivity index (χ1) is 20.0. The lowest BCUT2D eigenvalue weighted by molar-refractivity contribution is 0.0693. The topological polar surface area (TPSA) is 96.2 Å². The minimum Gasteiger partial charge on any atom is -0.308 e. The molecule has 4 heterocycles. The highest BCUT2D eigenvalue weighted by molar-refractivity contribution is 6.23. The van der Waals surface area contributed by atoms with Crippen LogP contribution in [0.25, 0.3) is 54.6 Å². The quantitative estimate of drug-likeness (QED) is 0.191. The van der Waals surface area contributed by atoms with Crippen molar-refractivity contribution in [2.75, 3.05) is 7.05 Å². The van der Waals surface area contributed by atoms with Gasteiger partial charge in [0.15, 0.2) is 5.69 Å². The zero-order valence-electron chi connectivity index (χ0n) is 21.7. The van der Waals surface area contributed by atoms with Gasteiger partial charge in [0.2, 0.25) is 0 Å². The lowest BCUT2D eigenvalue weighted by Crippen LogP contribution is -2.24. The summed E-state index contributed by atoms with van der Waals surface area (Å²) in [7, 11) is 1.49. The number of aromatic nitrogens is 3. The molecule has 0 unspecified atom stereocenters. The summed E-state index contributed by atoms with van der Waals surface area (Å²) in [5, 5.41) is 11.5. The van der Waals surface area contributed by atoms with E-state index in [9.17, 15) is 14.9 Å². The Morgan fingerprint density at radius 1 is 0.805 bits per heavy atom. The Bertz CT molecular complexity index is 2080. The SMILES string of the molecule is [C-]#[N+]c1ccncc1-c1ccc2c(c1)c1cc(-c3ccncc3C#N)ccc1n2-c1cccc2c1C(=O)N(C)C2=O. The van der Waals surface area contributed by atoms with E-state index in [0.717, 1.165) is 43.4 Å². The van der Waals surface area contributed by atoms with Crippen molar-refractivity contribution in [2.45, 2.75) is 0 Å². The van der Waals surface area contributed by atoms with Crippen LogP contribution in [0.4, 0.5) is 5.69 Å². The van der Waals surface area contributed by atoms with Gasteiger partial charge in [0.25, 0.3) is 11.8 Å². The summed E-state index contributed by atoms with van der Waals surface area (Å²) in [6, 6.07) is 22.9. The number of rotatable bonds is 3. The van der Waals surface area contributed by atoms with Crippen LogP contribution in [0.15, 0.2) is 91.5 Å². The fourth-order valence-electron chi connectivity index (χ4n) is 5.63. The Labute approximate surface area is 234 Å². The Morgan fingerprint density at radius 3 is 2.20 bits per heavy atom.